The Hall–Kier alpha value is -0.820. The molecule has 1 spiro atoms. The van der Waals surface area contributed by atoms with E-state index in [1.165, 1.54) is 43.4 Å². The van der Waals surface area contributed by atoms with Gasteiger partial charge in [-0.25, -0.2) is 0 Å². The van der Waals surface area contributed by atoms with Gasteiger partial charge in [-0.05, 0) is 49.9 Å². The zero-order valence-corrected chi connectivity index (χ0v) is 17.5. The van der Waals surface area contributed by atoms with Crippen LogP contribution in [0.4, 0.5) is 0 Å². The van der Waals surface area contributed by atoms with Crippen molar-refractivity contribution < 1.29 is 0 Å². The molecule has 1 saturated heterocycles. The van der Waals surface area contributed by atoms with Crippen LogP contribution in [-0.4, -0.2) is 50.0 Å². The summed E-state index contributed by atoms with van der Waals surface area (Å²) in [6, 6.07) is 8.69. The summed E-state index contributed by atoms with van der Waals surface area (Å²) < 4.78 is 0. The molecule has 0 amide bonds. The largest absolute Gasteiger partial charge is 0.352 e. The van der Waals surface area contributed by atoms with E-state index in [9.17, 15) is 0 Å². The lowest BCUT2D eigenvalue weighted by Crippen LogP contribution is -2.42. The standard InChI is InChI=1S/C19H30N4.HI/c1-20-18(23-12-11-19(15-23)9-6-10-19)21-13-16-7-4-5-8-17(16)14-22(2)3;/h4-5,7-8H,6,9-15H2,1-3H3,(H,20,21);1H. The second-order valence-corrected chi connectivity index (χ2v) is 7.43. The van der Waals surface area contributed by atoms with E-state index in [4.69, 9.17) is 0 Å². The fraction of sp³-hybridized carbons (Fsp3) is 0.632. The number of nitrogens with zero attached hydrogens (tertiary/aromatic N) is 3. The molecule has 1 aliphatic heterocycles. The van der Waals surface area contributed by atoms with Crippen molar-refractivity contribution >= 4 is 29.9 Å². The maximum absolute atomic E-state index is 4.52. The van der Waals surface area contributed by atoms with Crippen LogP contribution < -0.4 is 5.32 Å². The molecule has 1 heterocycles. The Kier molecular flexibility index (Phi) is 6.92. The van der Waals surface area contributed by atoms with Gasteiger partial charge in [-0.3, -0.25) is 4.99 Å². The number of nitrogens with one attached hydrogen (secondary N) is 1. The van der Waals surface area contributed by atoms with E-state index in [-0.39, 0.29) is 24.0 Å². The number of halogens is 1. The summed E-state index contributed by atoms with van der Waals surface area (Å²) in [5.41, 5.74) is 3.36. The van der Waals surface area contributed by atoms with E-state index >= 15 is 0 Å². The molecule has 0 atom stereocenters. The molecule has 2 fully saturated rings. The minimum Gasteiger partial charge on any atom is -0.352 e. The van der Waals surface area contributed by atoms with Crippen LogP contribution in [-0.2, 0) is 13.1 Å². The number of guanidine groups is 1. The summed E-state index contributed by atoms with van der Waals surface area (Å²) >= 11 is 0. The first-order chi connectivity index (χ1) is 11.1. The number of hydrogen-bond donors (Lipinski definition) is 1. The monoisotopic (exact) mass is 442 g/mol. The van der Waals surface area contributed by atoms with Gasteiger partial charge < -0.3 is 15.1 Å². The van der Waals surface area contributed by atoms with Crippen molar-refractivity contribution in [3.8, 4) is 0 Å². The third-order valence-electron chi connectivity index (χ3n) is 5.41. The van der Waals surface area contributed by atoms with E-state index in [2.05, 4.69) is 58.5 Å². The SMILES string of the molecule is CN=C(NCc1ccccc1CN(C)C)N1CCC2(CCC2)C1.I. The first-order valence-electron chi connectivity index (χ1n) is 8.79. The van der Waals surface area contributed by atoms with Crippen molar-refractivity contribution in [2.24, 2.45) is 10.4 Å². The highest BCUT2D eigenvalue weighted by Gasteiger charge is 2.43. The molecular weight excluding hydrogens is 411 g/mol. The number of rotatable bonds is 4. The average Bonchev–Trinajstić information content (AvgIpc) is 2.95. The third-order valence-corrected chi connectivity index (χ3v) is 5.41. The Balaban J connectivity index is 0.00000208. The second kappa shape index (κ2) is 8.52. The van der Waals surface area contributed by atoms with Crippen LogP contribution in [0.25, 0.3) is 0 Å². The van der Waals surface area contributed by atoms with E-state index in [0.717, 1.165) is 25.6 Å². The van der Waals surface area contributed by atoms with Crippen molar-refractivity contribution in [1.82, 2.24) is 15.1 Å². The van der Waals surface area contributed by atoms with Gasteiger partial charge in [0.05, 0.1) is 0 Å². The molecule has 0 bridgehead atoms. The summed E-state index contributed by atoms with van der Waals surface area (Å²) in [6.45, 7) is 4.16. The maximum Gasteiger partial charge on any atom is 0.193 e. The Bertz CT molecular complexity index is 566. The lowest BCUT2D eigenvalue weighted by atomic mass is 9.68. The van der Waals surface area contributed by atoms with Crippen molar-refractivity contribution in [1.29, 1.82) is 0 Å². The van der Waals surface area contributed by atoms with Crippen LogP contribution >= 0.6 is 24.0 Å². The molecule has 0 unspecified atom stereocenters. The van der Waals surface area contributed by atoms with E-state index in [1.807, 2.05) is 7.05 Å². The summed E-state index contributed by atoms with van der Waals surface area (Å²) in [4.78, 5) is 9.19. The predicted molar refractivity (Wildman–Crippen MR) is 112 cm³/mol. The van der Waals surface area contributed by atoms with Crippen LogP contribution in [0.2, 0.25) is 0 Å². The summed E-state index contributed by atoms with van der Waals surface area (Å²) in [7, 11) is 6.14. The number of aliphatic imine (C=N–C) groups is 1. The molecule has 0 aromatic heterocycles. The molecule has 3 rings (SSSR count). The van der Waals surface area contributed by atoms with Gasteiger partial charge in [-0.15, -0.1) is 24.0 Å². The minimum atomic E-state index is 0. The van der Waals surface area contributed by atoms with Crippen molar-refractivity contribution in [3.63, 3.8) is 0 Å². The molecule has 1 N–H and O–H groups in total. The number of hydrogen-bond acceptors (Lipinski definition) is 2. The van der Waals surface area contributed by atoms with Crippen molar-refractivity contribution in [3.05, 3.63) is 35.4 Å². The molecular formula is C19H31IN4. The normalized spacial score (nSPS) is 19.3. The zero-order chi connectivity index (χ0) is 16.3. The predicted octanol–water partition coefficient (Wildman–Crippen LogP) is 3.32. The summed E-state index contributed by atoms with van der Waals surface area (Å²) in [6.07, 6.45) is 5.57. The van der Waals surface area contributed by atoms with Crippen LogP contribution in [0.3, 0.4) is 0 Å². The van der Waals surface area contributed by atoms with E-state index < -0.39 is 0 Å². The first-order valence-corrected chi connectivity index (χ1v) is 8.79. The third kappa shape index (κ3) is 4.42. The van der Waals surface area contributed by atoms with Crippen LogP contribution in [0.1, 0.15) is 36.8 Å². The van der Waals surface area contributed by atoms with Crippen LogP contribution in [0.5, 0.6) is 0 Å². The van der Waals surface area contributed by atoms with Gasteiger partial charge in [0, 0.05) is 33.2 Å². The molecule has 4 nitrogen and oxygen atoms in total. The smallest absolute Gasteiger partial charge is 0.193 e. The molecule has 2 aliphatic rings. The second-order valence-electron chi connectivity index (χ2n) is 7.43. The maximum atomic E-state index is 4.52. The lowest BCUT2D eigenvalue weighted by Gasteiger charge is -2.38. The molecule has 134 valence electrons. The molecule has 1 aliphatic carbocycles. The lowest BCUT2D eigenvalue weighted by molar-refractivity contribution is 0.151. The Morgan fingerprint density at radius 3 is 2.46 bits per heavy atom. The quantitative estimate of drug-likeness (QED) is 0.441. The summed E-state index contributed by atoms with van der Waals surface area (Å²) in [5.74, 6) is 1.06. The molecule has 1 saturated carbocycles. The highest BCUT2D eigenvalue weighted by molar-refractivity contribution is 14.0. The zero-order valence-electron chi connectivity index (χ0n) is 15.2. The van der Waals surface area contributed by atoms with Gasteiger partial charge in [-0.2, -0.15) is 0 Å². The highest BCUT2D eigenvalue weighted by atomic mass is 127. The van der Waals surface area contributed by atoms with E-state index in [1.54, 1.807) is 0 Å². The topological polar surface area (TPSA) is 30.9 Å². The van der Waals surface area contributed by atoms with Crippen molar-refractivity contribution in [2.75, 3.05) is 34.2 Å². The Labute approximate surface area is 163 Å². The molecule has 24 heavy (non-hydrogen) atoms. The minimum absolute atomic E-state index is 0. The fourth-order valence-electron chi connectivity index (χ4n) is 3.93. The molecule has 1 aromatic rings. The van der Waals surface area contributed by atoms with Gasteiger partial charge in [-0.1, -0.05) is 30.7 Å². The average molecular weight is 442 g/mol. The first kappa shape index (κ1) is 19.5. The van der Waals surface area contributed by atoms with Crippen molar-refractivity contribution in [2.45, 2.75) is 38.8 Å². The van der Waals surface area contributed by atoms with Gasteiger partial charge >= 0.3 is 0 Å². The number of likely N-dealkylation sites (tertiary alicyclic amines) is 1. The van der Waals surface area contributed by atoms with Gasteiger partial charge in [0.1, 0.15) is 0 Å². The fourth-order valence-corrected chi connectivity index (χ4v) is 3.93. The molecule has 5 heteroatoms. The number of benzene rings is 1. The highest BCUT2D eigenvalue weighted by Crippen LogP contribution is 2.47. The van der Waals surface area contributed by atoms with Crippen LogP contribution in [0.15, 0.2) is 29.3 Å². The molecule has 0 radical (unpaired) electrons. The Morgan fingerprint density at radius 2 is 1.92 bits per heavy atom. The molecule has 1 aromatic carbocycles. The Morgan fingerprint density at radius 1 is 1.21 bits per heavy atom. The summed E-state index contributed by atoms with van der Waals surface area (Å²) in [5, 5.41) is 3.58. The van der Waals surface area contributed by atoms with Gasteiger partial charge in [0.15, 0.2) is 5.96 Å². The van der Waals surface area contributed by atoms with Gasteiger partial charge in [0.2, 0.25) is 0 Å². The van der Waals surface area contributed by atoms with Crippen LogP contribution in [0, 0.1) is 5.41 Å². The van der Waals surface area contributed by atoms with Gasteiger partial charge in [0.25, 0.3) is 0 Å². The van der Waals surface area contributed by atoms with E-state index in [0.29, 0.717) is 5.41 Å².